The van der Waals surface area contributed by atoms with Gasteiger partial charge in [-0.2, -0.15) is 0 Å². The molecule has 0 atom stereocenters. The molecule has 0 aliphatic heterocycles. The lowest BCUT2D eigenvalue weighted by atomic mass is 10.3. The van der Waals surface area contributed by atoms with Crippen molar-refractivity contribution in [3.63, 3.8) is 0 Å². The van der Waals surface area contributed by atoms with Crippen LogP contribution in [0.25, 0.3) is 0 Å². The lowest BCUT2D eigenvalue weighted by Gasteiger charge is -1.92. The van der Waals surface area contributed by atoms with E-state index < -0.39 is 0 Å². The Morgan fingerprint density at radius 2 is 2.14 bits per heavy atom. The molecule has 0 saturated heterocycles. The van der Waals surface area contributed by atoms with E-state index in [2.05, 4.69) is 14.9 Å². The first kappa shape index (κ1) is 7.14. The Kier molecular flexibility index (Phi) is 6.26. The minimum atomic E-state index is 0.758. The zero-order valence-corrected chi connectivity index (χ0v) is 5.31. The Labute approximate surface area is 47.6 Å². The van der Waals surface area contributed by atoms with Gasteiger partial charge in [0.1, 0.15) is 0 Å². The number of nitrogens with two attached hydrogens (primary N) is 1. The Morgan fingerprint density at radius 3 is 2.57 bits per heavy atom. The Hall–Kier alpha value is 0.137. The van der Waals surface area contributed by atoms with Crippen molar-refractivity contribution >= 4 is 10.5 Å². The molecule has 3 heteroatoms. The van der Waals surface area contributed by atoms with Crippen molar-refractivity contribution in [1.29, 1.82) is 0 Å². The summed E-state index contributed by atoms with van der Waals surface area (Å²) in [5.41, 5.74) is 5.20. The Morgan fingerprint density at radius 1 is 1.43 bits per heavy atom. The average molecular weight is 116 g/mol. The van der Waals surface area contributed by atoms with E-state index in [1.54, 1.807) is 0 Å². The lowest BCUT2D eigenvalue weighted by molar-refractivity contribution is 0.337. The third-order valence-electron chi connectivity index (χ3n) is 0.701. The maximum atomic E-state index is 5.20. The van der Waals surface area contributed by atoms with E-state index in [0.717, 1.165) is 26.0 Å². The molecule has 0 aliphatic carbocycles. The molecule has 0 unspecified atom stereocenters. The topological polar surface area (TPSA) is 35.2 Å². The van der Waals surface area contributed by atoms with Crippen LogP contribution in [0.2, 0.25) is 0 Å². The van der Waals surface area contributed by atoms with Crippen molar-refractivity contribution in [1.82, 2.24) is 0 Å². The molecule has 0 spiro atoms. The minimum Gasteiger partial charge on any atom is -0.419 e. The highest BCUT2D eigenvalue weighted by molar-refractivity contribution is 5.97. The first-order chi connectivity index (χ1) is 3.41. The smallest absolute Gasteiger partial charge is 0.246 e. The van der Waals surface area contributed by atoms with E-state index in [1.807, 2.05) is 0 Å². The van der Waals surface area contributed by atoms with Gasteiger partial charge in [0.25, 0.3) is 0 Å². The highest BCUT2D eigenvalue weighted by Crippen LogP contribution is 1.82. The summed E-state index contributed by atoms with van der Waals surface area (Å²) in [5.74, 6) is 0. The molecule has 41 valence electrons. The summed E-state index contributed by atoms with van der Waals surface area (Å²) in [6.07, 6.45) is 2.09. The molecule has 0 saturated carbocycles. The maximum absolute atomic E-state index is 5.20. The molecule has 2 N–H and O–H groups in total. The van der Waals surface area contributed by atoms with Crippen LogP contribution in [0.4, 0.5) is 0 Å². The van der Waals surface area contributed by atoms with E-state index in [9.17, 15) is 0 Å². The van der Waals surface area contributed by atoms with Gasteiger partial charge in [0.05, 0.1) is 0 Å². The van der Waals surface area contributed by atoms with Crippen molar-refractivity contribution in [2.75, 3.05) is 13.2 Å². The van der Waals surface area contributed by atoms with Crippen molar-refractivity contribution in [3.8, 4) is 0 Å². The fourth-order valence-corrected chi connectivity index (χ4v) is 0.463. The second kappa shape index (κ2) is 6.14. The molecule has 0 aromatic carbocycles. The van der Waals surface area contributed by atoms with Crippen molar-refractivity contribution in [2.24, 2.45) is 5.73 Å². The van der Waals surface area contributed by atoms with E-state index in [1.165, 1.54) is 0 Å². The first-order valence-electron chi connectivity index (χ1n) is 2.40. The molecule has 0 rings (SSSR count). The van der Waals surface area contributed by atoms with Crippen LogP contribution >= 0.6 is 0 Å². The van der Waals surface area contributed by atoms with Crippen molar-refractivity contribution < 1.29 is 4.43 Å². The summed E-state index contributed by atoms with van der Waals surface area (Å²) >= 11 is 0. The minimum absolute atomic E-state index is 0.758. The first-order valence-corrected chi connectivity index (χ1v) is 2.81. The summed E-state index contributed by atoms with van der Waals surface area (Å²) in [6.45, 7) is 1.52. The van der Waals surface area contributed by atoms with Gasteiger partial charge in [-0.1, -0.05) is 0 Å². The molecule has 0 amide bonds. The molecule has 0 bridgehead atoms. The molecule has 0 heterocycles. The fourth-order valence-electron chi connectivity index (χ4n) is 0.319. The number of hydrogen-bond donors (Lipinski definition) is 1. The average Bonchev–Trinajstić information content (AvgIpc) is 1.69. The maximum Gasteiger partial charge on any atom is 0.246 e. The zero-order valence-electron chi connectivity index (χ0n) is 4.31. The molecule has 2 nitrogen and oxygen atoms in total. The zero-order chi connectivity index (χ0) is 5.54. The van der Waals surface area contributed by atoms with Gasteiger partial charge in [0, 0.05) is 6.61 Å². The SMILES string of the molecule is NCCCCO[Si]. The van der Waals surface area contributed by atoms with Crippen LogP contribution in [0.3, 0.4) is 0 Å². The third kappa shape index (κ3) is 6.14. The van der Waals surface area contributed by atoms with Crippen LogP contribution in [-0.2, 0) is 4.43 Å². The van der Waals surface area contributed by atoms with Crippen LogP contribution in [0.1, 0.15) is 12.8 Å². The molecule has 0 aliphatic rings. The Bertz CT molecular complexity index is 30.9. The second-order valence-electron chi connectivity index (χ2n) is 1.34. The highest BCUT2D eigenvalue weighted by Gasteiger charge is 1.80. The Balaban J connectivity index is 2.45. The molecule has 0 aromatic rings. The third-order valence-corrected chi connectivity index (χ3v) is 0.905. The summed E-state index contributed by atoms with van der Waals surface area (Å²) < 4.78 is 4.59. The van der Waals surface area contributed by atoms with Crippen LogP contribution in [0, 0.1) is 0 Å². The predicted octanol–water partition coefficient (Wildman–Crippen LogP) is -0.175. The normalized spacial score (nSPS) is 9.43. The predicted molar refractivity (Wildman–Crippen MR) is 30.0 cm³/mol. The number of rotatable bonds is 4. The van der Waals surface area contributed by atoms with Gasteiger partial charge in [-0.05, 0) is 19.4 Å². The van der Waals surface area contributed by atoms with Gasteiger partial charge in [0.15, 0.2) is 0 Å². The van der Waals surface area contributed by atoms with Gasteiger partial charge in [-0.25, -0.2) is 0 Å². The fraction of sp³-hybridized carbons (Fsp3) is 1.00. The summed E-state index contributed by atoms with van der Waals surface area (Å²) in [7, 11) is 2.88. The molecule has 3 radical (unpaired) electrons. The second-order valence-corrected chi connectivity index (χ2v) is 1.63. The number of hydrogen-bond acceptors (Lipinski definition) is 2. The quantitative estimate of drug-likeness (QED) is 0.408. The van der Waals surface area contributed by atoms with E-state index in [0.29, 0.717) is 0 Å². The number of unbranched alkanes of at least 4 members (excludes halogenated alkanes) is 1. The lowest BCUT2D eigenvalue weighted by Crippen LogP contribution is -2.00. The van der Waals surface area contributed by atoms with Gasteiger partial charge < -0.3 is 10.2 Å². The molecule has 7 heavy (non-hydrogen) atoms. The summed E-state index contributed by atoms with van der Waals surface area (Å²) in [5, 5.41) is 0. The van der Waals surface area contributed by atoms with Crippen LogP contribution in [-0.4, -0.2) is 23.6 Å². The van der Waals surface area contributed by atoms with Crippen LogP contribution in [0.5, 0.6) is 0 Å². The summed E-state index contributed by atoms with van der Waals surface area (Å²) in [4.78, 5) is 0. The molecule has 0 aromatic heterocycles. The van der Waals surface area contributed by atoms with Crippen molar-refractivity contribution in [3.05, 3.63) is 0 Å². The standard InChI is InChI=1S/C4H10NOSi/c5-3-1-2-4-6-7/h1-5H2. The summed E-state index contributed by atoms with van der Waals surface area (Å²) in [6, 6.07) is 0. The van der Waals surface area contributed by atoms with Gasteiger partial charge in [-0.15, -0.1) is 0 Å². The van der Waals surface area contributed by atoms with Gasteiger partial charge in [0.2, 0.25) is 10.5 Å². The van der Waals surface area contributed by atoms with Crippen molar-refractivity contribution in [2.45, 2.75) is 12.8 Å². The van der Waals surface area contributed by atoms with Gasteiger partial charge >= 0.3 is 0 Å². The van der Waals surface area contributed by atoms with Gasteiger partial charge in [-0.3, -0.25) is 0 Å². The van der Waals surface area contributed by atoms with E-state index in [-0.39, 0.29) is 0 Å². The largest absolute Gasteiger partial charge is 0.419 e. The highest BCUT2D eigenvalue weighted by atomic mass is 28.2. The van der Waals surface area contributed by atoms with E-state index >= 15 is 0 Å². The molecular formula is C4H10NOSi. The van der Waals surface area contributed by atoms with Crippen LogP contribution in [0.15, 0.2) is 0 Å². The monoisotopic (exact) mass is 116 g/mol. The molecule has 0 fully saturated rings. The van der Waals surface area contributed by atoms with Crippen LogP contribution < -0.4 is 5.73 Å². The molecular weight excluding hydrogens is 106 g/mol. The van der Waals surface area contributed by atoms with E-state index in [4.69, 9.17) is 5.73 Å².